The van der Waals surface area contributed by atoms with Gasteiger partial charge in [0.1, 0.15) is 5.56 Å². The van der Waals surface area contributed by atoms with Crippen molar-refractivity contribution in [2.45, 2.75) is 18.9 Å². The van der Waals surface area contributed by atoms with Gasteiger partial charge in [0.15, 0.2) is 0 Å². The maximum absolute atomic E-state index is 12.3. The third kappa shape index (κ3) is 2.21. The monoisotopic (exact) mass is 264 g/mol. The van der Waals surface area contributed by atoms with Crippen LogP contribution in [0.5, 0.6) is 0 Å². The third-order valence-electron chi connectivity index (χ3n) is 3.94. The van der Waals surface area contributed by atoms with Crippen molar-refractivity contribution in [3.05, 3.63) is 32.6 Å². The summed E-state index contributed by atoms with van der Waals surface area (Å²) in [5, 5.41) is 3.40. The molecule has 0 aliphatic carbocycles. The van der Waals surface area contributed by atoms with Gasteiger partial charge in [0.2, 0.25) is 0 Å². The van der Waals surface area contributed by atoms with E-state index in [1.807, 2.05) is 0 Å². The maximum atomic E-state index is 12.3. The molecule has 2 saturated heterocycles. The van der Waals surface area contributed by atoms with E-state index in [0.717, 1.165) is 19.4 Å². The lowest BCUT2D eigenvalue weighted by molar-refractivity contribution is 0.0783. The second-order valence-corrected chi connectivity index (χ2v) is 5.16. The van der Waals surface area contributed by atoms with E-state index >= 15 is 0 Å². The Kier molecular flexibility index (Phi) is 2.98. The van der Waals surface area contributed by atoms with Crippen LogP contribution in [0.3, 0.4) is 0 Å². The van der Waals surface area contributed by atoms with Crippen molar-refractivity contribution in [3.63, 3.8) is 0 Å². The van der Waals surface area contributed by atoms with Crippen LogP contribution in [0.15, 0.2) is 15.8 Å². The number of likely N-dealkylation sites (tertiary alicyclic amines) is 1. The summed E-state index contributed by atoms with van der Waals surface area (Å²) >= 11 is 0. The third-order valence-corrected chi connectivity index (χ3v) is 3.94. The Labute approximate surface area is 109 Å². The van der Waals surface area contributed by atoms with Crippen molar-refractivity contribution in [2.24, 2.45) is 5.92 Å². The van der Waals surface area contributed by atoms with Crippen molar-refractivity contribution in [1.82, 2.24) is 20.2 Å². The first-order valence-electron chi connectivity index (χ1n) is 6.50. The van der Waals surface area contributed by atoms with Crippen LogP contribution in [0.4, 0.5) is 0 Å². The first-order chi connectivity index (χ1) is 9.15. The summed E-state index contributed by atoms with van der Waals surface area (Å²) in [5.41, 5.74) is -1.23. The molecule has 2 aliphatic heterocycles. The summed E-state index contributed by atoms with van der Waals surface area (Å²) in [6, 6.07) is 0.333. The highest BCUT2D eigenvalue weighted by molar-refractivity contribution is 5.93. The molecule has 7 nitrogen and oxygen atoms in total. The number of carbonyl (C=O) groups is 1. The summed E-state index contributed by atoms with van der Waals surface area (Å²) in [4.78, 5) is 40.9. The number of hydrogen-bond donors (Lipinski definition) is 3. The largest absolute Gasteiger partial charge is 0.337 e. The number of nitrogens with zero attached hydrogens (tertiary/aromatic N) is 1. The first kappa shape index (κ1) is 12.2. The first-order valence-corrected chi connectivity index (χ1v) is 6.50. The van der Waals surface area contributed by atoms with Crippen LogP contribution in [0.2, 0.25) is 0 Å². The van der Waals surface area contributed by atoms with E-state index in [1.165, 1.54) is 6.20 Å². The average molecular weight is 264 g/mol. The van der Waals surface area contributed by atoms with E-state index in [-0.39, 0.29) is 11.5 Å². The van der Waals surface area contributed by atoms with E-state index in [0.29, 0.717) is 25.0 Å². The van der Waals surface area contributed by atoms with Gasteiger partial charge in [-0.1, -0.05) is 0 Å². The van der Waals surface area contributed by atoms with Crippen molar-refractivity contribution >= 4 is 5.91 Å². The molecule has 0 aromatic carbocycles. The highest BCUT2D eigenvalue weighted by atomic mass is 16.2. The number of fused-ring (bicyclic) bond motifs is 1. The predicted octanol–water partition coefficient (Wildman–Crippen LogP) is -1.11. The summed E-state index contributed by atoms with van der Waals surface area (Å²) in [7, 11) is 0. The molecular weight excluding hydrogens is 248 g/mol. The lowest BCUT2D eigenvalue weighted by Crippen LogP contribution is -2.41. The van der Waals surface area contributed by atoms with Crippen LogP contribution < -0.4 is 16.6 Å². The molecule has 3 heterocycles. The zero-order valence-corrected chi connectivity index (χ0v) is 10.4. The van der Waals surface area contributed by atoms with Crippen LogP contribution in [-0.4, -0.2) is 46.5 Å². The Bertz CT molecular complexity index is 591. The molecule has 1 aromatic heterocycles. The topological polar surface area (TPSA) is 98.1 Å². The van der Waals surface area contributed by atoms with Crippen molar-refractivity contribution < 1.29 is 4.79 Å². The van der Waals surface area contributed by atoms with Gasteiger partial charge in [0.05, 0.1) is 0 Å². The normalized spacial score (nSPS) is 26.2. The molecule has 0 spiro atoms. The van der Waals surface area contributed by atoms with E-state index in [2.05, 4.69) is 15.3 Å². The van der Waals surface area contributed by atoms with Crippen LogP contribution in [0, 0.1) is 5.92 Å². The number of aromatic amines is 2. The van der Waals surface area contributed by atoms with Crippen LogP contribution in [-0.2, 0) is 0 Å². The van der Waals surface area contributed by atoms with Crippen molar-refractivity contribution in [3.8, 4) is 0 Å². The van der Waals surface area contributed by atoms with Gasteiger partial charge in [0.25, 0.3) is 11.5 Å². The Hall–Kier alpha value is -1.89. The number of piperidine rings is 1. The molecule has 102 valence electrons. The molecular formula is C12H16N4O3. The van der Waals surface area contributed by atoms with Gasteiger partial charge < -0.3 is 15.2 Å². The summed E-state index contributed by atoms with van der Waals surface area (Å²) in [6.07, 6.45) is 3.44. The van der Waals surface area contributed by atoms with Gasteiger partial charge in [0, 0.05) is 25.3 Å². The minimum Gasteiger partial charge on any atom is -0.337 e. The van der Waals surface area contributed by atoms with Gasteiger partial charge in [-0.05, 0) is 25.3 Å². The van der Waals surface area contributed by atoms with Crippen LogP contribution >= 0.6 is 0 Å². The predicted molar refractivity (Wildman–Crippen MR) is 68.1 cm³/mol. The summed E-state index contributed by atoms with van der Waals surface area (Å²) in [6.45, 7) is 2.29. The molecule has 0 unspecified atom stereocenters. The highest BCUT2D eigenvalue weighted by Crippen LogP contribution is 2.25. The van der Waals surface area contributed by atoms with E-state index in [4.69, 9.17) is 0 Å². The number of H-pyrrole nitrogens is 2. The molecule has 3 rings (SSSR count). The summed E-state index contributed by atoms with van der Waals surface area (Å²) < 4.78 is 0. The average Bonchev–Trinajstić information content (AvgIpc) is 2.81. The van der Waals surface area contributed by atoms with Crippen molar-refractivity contribution in [2.75, 3.05) is 19.6 Å². The van der Waals surface area contributed by atoms with E-state index in [1.54, 1.807) is 4.90 Å². The molecule has 1 aromatic rings. The van der Waals surface area contributed by atoms with Gasteiger partial charge in [-0.15, -0.1) is 0 Å². The van der Waals surface area contributed by atoms with Crippen LogP contribution in [0.1, 0.15) is 23.2 Å². The molecule has 0 radical (unpaired) electrons. The lowest BCUT2D eigenvalue weighted by Gasteiger charge is -2.24. The van der Waals surface area contributed by atoms with Gasteiger partial charge in [-0.25, -0.2) is 4.79 Å². The number of amides is 1. The fraction of sp³-hybridized carbons (Fsp3) is 0.583. The Balaban J connectivity index is 1.81. The van der Waals surface area contributed by atoms with Crippen molar-refractivity contribution in [1.29, 1.82) is 0 Å². The fourth-order valence-electron chi connectivity index (χ4n) is 2.95. The Morgan fingerprint density at radius 1 is 1.32 bits per heavy atom. The number of nitrogens with one attached hydrogen (secondary N) is 3. The lowest BCUT2D eigenvalue weighted by atomic mass is 9.94. The maximum Gasteiger partial charge on any atom is 0.325 e. The molecule has 7 heteroatoms. The SMILES string of the molecule is O=C(c1c[nH]c(=O)[nH]c1=O)N1C[C@@H]2CCCN[C@@H]2C1. The molecule has 3 N–H and O–H groups in total. The standard InChI is InChI=1S/C12H16N4O3/c17-10-8(4-14-12(19)15-10)11(18)16-5-7-2-1-3-13-9(7)6-16/h4,7,9,13H,1-3,5-6H2,(H2,14,15,17,19)/t7-,9+/m0/s1. The smallest absolute Gasteiger partial charge is 0.325 e. The molecule has 19 heavy (non-hydrogen) atoms. The second-order valence-electron chi connectivity index (χ2n) is 5.16. The molecule has 2 atom stereocenters. The zero-order valence-electron chi connectivity index (χ0n) is 10.4. The minimum absolute atomic E-state index is 0.00162. The number of carbonyl (C=O) groups excluding carboxylic acids is 1. The minimum atomic E-state index is -0.628. The molecule has 0 saturated carbocycles. The quantitative estimate of drug-likeness (QED) is 0.599. The highest BCUT2D eigenvalue weighted by Gasteiger charge is 2.37. The van der Waals surface area contributed by atoms with Gasteiger partial charge in [-0.3, -0.25) is 14.6 Å². The summed E-state index contributed by atoms with van der Waals surface area (Å²) in [5.74, 6) is 0.160. The van der Waals surface area contributed by atoms with E-state index < -0.39 is 11.2 Å². The Morgan fingerprint density at radius 2 is 2.16 bits per heavy atom. The van der Waals surface area contributed by atoms with E-state index in [9.17, 15) is 14.4 Å². The Morgan fingerprint density at radius 3 is 2.89 bits per heavy atom. The zero-order chi connectivity index (χ0) is 13.4. The molecule has 0 bridgehead atoms. The number of hydrogen-bond acceptors (Lipinski definition) is 4. The van der Waals surface area contributed by atoms with Crippen LogP contribution in [0.25, 0.3) is 0 Å². The van der Waals surface area contributed by atoms with Gasteiger partial charge >= 0.3 is 5.69 Å². The van der Waals surface area contributed by atoms with Gasteiger partial charge in [-0.2, -0.15) is 0 Å². The molecule has 2 aliphatic rings. The molecule has 1 amide bonds. The molecule has 2 fully saturated rings. The number of aromatic nitrogens is 2. The number of rotatable bonds is 1. The second kappa shape index (κ2) is 4.65. The fourth-order valence-corrected chi connectivity index (χ4v) is 2.95.